The van der Waals surface area contributed by atoms with Crippen LogP contribution in [0, 0.1) is 0 Å². The third-order valence-corrected chi connectivity index (χ3v) is 5.07. The van der Waals surface area contributed by atoms with Gasteiger partial charge in [-0.05, 0) is 46.2 Å². The van der Waals surface area contributed by atoms with Crippen molar-refractivity contribution in [2.45, 2.75) is 96.6 Å². The van der Waals surface area contributed by atoms with Gasteiger partial charge in [-0.25, -0.2) is 0 Å². The summed E-state index contributed by atoms with van der Waals surface area (Å²) >= 11 is 0. The lowest BCUT2D eigenvalue weighted by Crippen LogP contribution is -2.60. The zero-order chi connectivity index (χ0) is 14.8. The van der Waals surface area contributed by atoms with E-state index in [9.17, 15) is 0 Å². The van der Waals surface area contributed by atoms with E-state index in [4.69, 9.17) is 5.84 Å². The summed E-state index contributed by atoms with van der Waals surface area (Å²) < 4.78 is 0. The third-order valence-electron chi connectivity index (χ3n) is 5.07. The van der Waals surface area contributed by atoms with Gasteiger partial charge in [0.05, 0.1) is 0 Å². The fourth-order valence-corrected chi connectivity index (χ4v) is 3.46. The number of hydrazine groups is 1. The SMILES string of the molecule is CCCCCCCCC(NN)C(C)(C)N1CCCCC1. The molecule has 0 aromatic carbocycles. The Kier molecular flexibility index (Phi) is 8.74. The second-order valence-corrected chi connectivity index (χ2v) is 6.98. The summed E-state index contributed by atoms with van der Waals surface area (Å²) in [5.74, 6) is 5.85. The Balaban J connectivity index is 2.31. The van der Waals surface area contributed by atoms with E-state index in [1.54, 1.807) is 0 Å². The lowest BCUT2D eigenvalue weighted by molar-refractivity contribution is 0.0573. The van der Waals surface area contributed by atoms with Crippen LogP contribution in [0.3, 0.4) is 0 Å². The molecule has 0 saturated carbocycles. The van der Waals surface area contributed by atoms with Gasteiger partial charge in [0.15, 0.2) is 0 Å². The molecule has 20 heavy (non-hydrogen) atoms. The van der Waals surface area contributed by atoms with Crippen LogP contribution in [0.25, 0.3) is 0 Å². The first-order chi connectivity index (χ1) is 9.62. The summed E-state index contributed by atoms with van der Waals surface area (Å²) in [5, 5.41) is 0. The molecular formula is C17H37N3. The molecule has 0 bridgehead atoms. The highest BCUT2D eigenvalue weighted by molar-refractivity contribution is 4.93. The van der Waals surface area contributed by atoms with E-state index in [0.717, 1.165) is 0 Å². The molecule has 0 spiro atoms. The summed E-state index contributed by atoms with van der Waals surface area (Å²) in [7, 11) is 0. The summed E-state index contributed by atoms with van der Waals surface area (Å²) in [4.78, 5) is 2.64. The lowest BCUT2D eigenvalue weighted by atomic mass is 9.87. The van der Waals surface area contributed by atoms with Crippen LogP contribution < -0.4 is 11.3 Å². The number of unbranched alkanes of at least 4 members (excludes halogenated alkanes) is 5. The first-order valence-electron chi connectivity index (χ1n) is 8.84. The molecule has 1 saturated heterocycles. The van der Waals surface area contributed by atoms with Gasteiger partial charge < -0.3 is 0 Å². The van der Waals surface area contributed by atoms with Crippen molar-refractivity contribution in [3.63, 3.8) is 0 Å². The lowest BCUT2D eigenvalue weighted by Gasteiger charge is -2.46. The molecule has 3 N–H and O–H groups in total. The van der Waals surface area contributed by atoms with E-state index in [1.165, 1.54) is 77.3 Å². The fourth-order valence-electron chi connectivity index (χ4n) is 3.46. The minimum atomic E-state index is 0.179. The Morgan fingerprint density at radius 1 is 1.00 bits per heavy atom. The van der Waals surface area contributed by atoms with Gasteiger partial charge in [-0.2, -0.15) is 0 Å². The quantitative estimate of drug-likeness (QED) is 0.364. The van der Waals surface area contributed by atoms with E-state index in [-0.39, 0.29) is 5.54 Å². The van der Waals surface area contributed by atoms with Crippen LogP contribution in [0.15, 0.2) is 0 Å². The highest BCUT2D eigenvalue weighted by Crippen LogP contribution is 2.26. The fraction of sp³-hybridized carbons (Fsp3) is 1.00. The zero-order valence-electron chi connectivity index (χ0n) is 14.1. The van der Waals surface area contributed by atoms with Gasteiger partial charge >= 0.3 is 0 Å². The number of nitrogens with two attached hydrogens (primary N) is 1. The summed E-state index contributed by atoms with van der Waals surface area (Å²) in [6.07, 6.45) is 13.4. The second-order valence-electron chi connectivity index (χ2n) is 6.98. The maximum Gasteiger partial charge on any atom is 0.0389 e. The molecule has 3 heteroatoms. The molecule has 1 aliphatic heterocycles. The highest BCUT2D eigenvalue weighted by Gasteiger charge is 2.34. The topological polar surface area (TPSA) is 41.3 Å². The standard InChI is InChI=1S/C17H37N3/c1-4-5-6-7-8-10-13-16(19-18)17(2,3)20-14-11-9-12-15-20/h16,19H,4-15,18H2,1-3H3. The zero-order valence-corrected chi connectivity index (χ0v) is 14.1. The summed E-state index contributed by atoms with van der Waals surface area (Å²) in [6, 6.07) is 0.409. The van der Waals surface area contributed by atoms with E-state index in [2.05, 4.69) is 31.1 Å². The molecule has 0 radical (unpaired) electrons. The number of rotatable bonds is 10. The van der Waals surface area contributed by atoms with Crippen molar-refractivity contribution in [3.05, 3.63) is 0 Å². The van der Waals surface area contributed by atoms with Crippen LogP contribution in [-0.4, -0.2) is 29.6 Å². The minimum Gasteiger partial charge on any atom is -0.297 e. The van der Waals surface area contributed by atoms with E-state index in [0.29, 0.717) is 6.04 Å². The number of piperidine rings is 1. The van der Waals surface area contributed by atoms with Crippen molar-refractivity contribution in [3.8, 4) is 0 Å². The Hall–Kier alpha value is -0.120. The summed E-state index contributed by atoms with van der Waals surface area (Å²) in [6.45, 7) is 9.47. The number of hydrogen-bond donors (Lipinski definition) is 2. The van der Waals surface area contributed by atoms with Crippen LogP contribution in [0.4, 0.5) is 0 Å². The van der Waals surface area contributed by atoms with E-state index < -0.39 is 0 Å². The average Bonchev–Trinajstić information content (AvgIpc) is 2.47. The van der Waals surface area contributed by atoms with Crippen molar-refractivity contribution >= 4 is 0 Å². The number of nitrogens with zero attached hydrogens (tertiary/aromatic N) is 1. The van der Waals surface area contributed by atoms with Gasteiger partial charge in [0.2, 0.25) is 0 Å². The number of nitrogens with one attached hydrogen (secondary N) is 1. The molecule has 0 aromatic heterocycles. The molecule has 1 fully saturated rings. The maximum atomic E-state index is 5.85. The molecule has 1 heterocycles. The van der Waals surface area contributed by atoms with E-state index in [1.807, 2.05) is 0 Å². The molecule has 3 nitrogen and oxygen atoms in total. The summed E-state index contributed by atoms with van der Waals surface area (Å²) in [5.41, 5.74) is 3.28. The monoisotopic (exact) mass is 283 g/mol. The van der Waals surface area contributed by atoms with Gasteiger partial charge in [0.25, 0.3) is 0 Å². The first-order valence-corrected chi connectivity index (χ1v) is 8.84. The highest BCUT2D eigenvalue weighted by atomic mass is 15.3. The third kappa shape index (κ3) is 5.71. The Bertz CT molecular complexity index is 234. The van der Waals surface area contributed by atoms with Crippen LogP contribution in [0.1, 0.15) is 85.0 Å². The molecule has 0 aromatic rings. The van der Waals surface area contributed by atoms with Gasteiger partial charge in [-0.3, -0.25) is 16.2 Å². The number of hydrogen-bond acceptors (Lipinski definition) is 3. The predicted octanol–water partition coefficient (Wildman–Crippen LogP) is 3.83. The minimum absolute atomic E-state index is 0.179. The predicted molar refractivity (Wildman–Crippen MR) is 88.6 cm³/mol. The Labute approximate surface area is 126 Å². The van der Waals surface area contributed by atoms with Crippen LogP contribution in [0.2, 0.25) is 0 Å². The van der Waals surface area contributed by atoms with Crippen LogP contribution in [-0.2, 0) is 0 Å². The Morgan fingerprint density at radius 2 is 1.60 bits per heavy atom. The molecule has 0 aliphatic carbocycles. The van der Waals surface area contributed by atoms with Crippen molar-refractivity contribution in [1.29, 1.82) is 0 Å². The number of likely N-dealkylation sites (tertiary alicyclic amines) is 1. The van der Waals surface area contributed by atoms with Gasteiger partial charge in [-0.1, -0.05) is 51.9 Å². The largest absolute Gasteiger partial charge is 0.297 e. The van der Waals surface area contributed by atoms with Crippen LogP contribution >= 0.6 is 0 Å². The molecule has 1 unspecified atom stereocenters. The molecule has 1 rings (SSSR count). The first kappa shape index (κ1) is 17.9. The van der Waals surface area contributed by atoms with Crippen LogP contribution in [0.5, 0.6) is 0 Å². The molecular weight excluding hydrogens is 246 g/mol. The van der Waals surface area contributed by atoms with Crippen molar-refractivity contribution in [2.75, 3.05) is 13.1 Å². The maximum absolute atomic E-state index is 5.85. The smallest absolute Gasteiger partial charge is 0.0389 e. The van der Waals surface area contributed by atoms with Crippen molar-refractivity contribution < 1.29 is 0 Å². The van der Waals surface area contributed by atoms with Crippen molar-refractivity contribution in [2.24, 2.45) is 5.84 Å². The normalized spacial score (nSPS) is 19.2. The van der Waals surface area contributed by atoms with Gasteiger partial charge in [-0.15, -0.1) is 0 Å². The molecule has 1 aliphatic rings. The molecule has 120 valence electrons. The average molecular weight is 284 g/mol. The van der Waals surface area contributed by atoms with Gasteiger partial charge in [0, 0.05) is 11.6 Å². The second kappa shape index (κ2) is 9.75. The Morgan fingerprint density at radius 3 is 2.20 bits per heavy atom. The van der Waals surface area contributed by atoms with Gasteiger partial charge in [0.1, 0.15) is 0 Å². The molecule has 0 amide bonds. The molecule has 1 atom stereocenters. The van der Waals surface area contributed by atoms with Crippen molar-refractivity contribution in [1.82, 2.24) is 10.3 Å². The van der Waals surface area contributed by atoms with E-state index >= 15 is 0 Å².